The minimum absolute atomic E-state index is 0.0355. The Labute approximate surface area is 770 Å². The maximum atomic E-state index is 14.5. The van der Waals surface area contributed by atoms with Gasteiger partial charge in [0.05, 0.1) is 56.7 Å². The Morgan fingerprint density at radius 1 is 0.398 bits per heavy atom. The number of aliphatic imine (C=N–C) groups is 3. The molecule has 133 heavy (non-hydrogen) atoms. The maximum absolute atomic E-state index is 14.5. The van der Waals surface area contributed by atoms with Crippen molar-refractivity contribution in [2.24, 2.45) is 84.9 Å². The van der Waals surface area contributed by atoms with E-state index in [0.717, 1.165) is 24.0 Å². The lowest BCUT2D eigenvalue weighted by Crippen LogP contribution is -2.69. The summed E-state index contributed by atoms with van der Waals surface area (Å²) in [5.41, 5.74) is 30.3. The summed E-state index contributed by atoms with van der Waals surface area (Å²) in [5.74, 6) is -18.2. The van der Waals surface area contributed by atoms with Crippen molar-refractivity contribution in [1.29, 1.82) is 0 Å². The molecule has 43 nitrogen and oxygen atoms in total. The smallest absolute Gasteiger partial charge is 0.304 e. The fraction of sp³-hybridized carbons (Fsp3) is 0.567. The van der Waals surface area contributed by atoms with E-state index in [1.165, 1.54) is 0 Å². The number of amides is 12. The fourth-order valence-corrected chi connectivity index (χ4v) is 17.1. The van der Waals surface area contributed by atoms with E-state index in [4.69, 9.17) is 39.1 Å². The molecule has 3 spiro atoms. The van der Waals surface area contributed by atoms with Crippen LogP contribution in [0.1, 0.15) is 179 Å². The molecule has 6 aliphatic rings. The molecule has 2 aliphatic carbocycles. The zero-order chi connectivity index (χ0) is 97.5. The van der Waals surface area contributed by atoms with Crippen LogP contribution in [0.5, 0.6) is 0 Å². The number of ketones is 3. The number of hydrogen-bond donors (Lipinski definition) is 21. The van der Waals surface area contributed by atoms with Crippen LogP contribution in [0, 0.1) is 35.5 Å². The van der Waals surface area contributed by atoms with Crippen molar-refractivity contribution in [1.82, 2.24) is 63.8 Å². The third-order valence-corrected chi connectivity index (χ3v) is 24.1. The monoisotopic (exact) mass is 1860 g/mol. The van der Waals surface area contributed by atoms with E-state index in [1.807, 2.05) is 26.8 Å². The average molecular weight is 1860 g/mol. The lowest BCUT2D eigenvalue weighted by Gasteiger charge is -2.48. The van der Waals surface area contributed by atoms with E-state index >= 15 is 0 Å². The third-order valence-electron chi connectivity index (χ3n) is 24.1. The zero-order valence-electron chi connectivity index (χ0n) is 75.3. The summed E-state index contributed by atoms with van der Waals surface area (Å²) in [4.78, 5) is 249. The highest BCUT2D eigenvalue weighted by molar-refractivity contribution is 6.03. The van der Waals surface area contributed by atoms with Crippen LogP contribution in [0.15, 0.2) is 106 Å². The number of carbonyl (C=O) groups is 18. The molecule has 0 aromatic heterocycles. The Kier molecular flexibility index (Phi) is 42.1. The minimum atomic E-state index is -1.47. The summed E-state index contributed by atoms with van der Waals surface area (Å²) >= 11 is 0. The molecule has 726 valence electrons. The Morgan fingerprint density at radius 3 is 1.03 bits per heavy atom. The van der Waals surface area contributed by atoms with Crippen LogP contribution in [0.2, 0.25) is 0 Å². The number of ether oxygens (including phenoxy) is 1. The molecule has 12 atom stereocenters. The number of nitrogens with zero attached hydrogens (tertiary/aromatic N) is 3. The van der Waals surface area contributed by atoms with Gasteiger partial charge in [-0.3, -0.25) is 101 Å². The highest BCUT2D eigenvalue weighted by atomic mass is 16.5. The van der Waals surface area contributed by atoms with Crippen LogP contribution >= 0.6 is 0 Å². The molecule has 4 aliphatic heterocycles. The molecule has 3 aromatic carbocycles. The number of benzene rings is 3. The molecular formula is C90H129N21O22. The molecule has 4 heterocycles. The van der Waals surface area contributed by atoms with Gasteiger partial charge in [-0.05, 0) is 98.7 Å². The molecule has 9 rings (SSSR count). The summed E-state index contributed by atoms with van der Waals surface area (Å²) in [6.07, 6.45) is 2.87. The van der Waals surface area contributed by atoms with Crippen LogP contribution in [0.25, 0.3) is 0 Å². The lowest BCUT2D eigenvalue weighted by molar-refractivity contribution is -0.144. The van der Waals surface area contributed by atoms with E-state index in [-0.39, 0.29) is 120 Å². The molecule has 43 heteroatoms. The van der Waals surface area contributed by atoms with Crippen molar-refractivity contribution in [2.75, 3.05) is 52.5 Å². The molecule has 3 aromatic rings. The van der Waals surface area contributed by atoms with E-state index < -0.39 is 235 Å². The normalized spacial score (nSPS) is 25.1. The van der Waals surface area contributed by atoms with Crippen LogP contribution in [-0.2, 0) is 110 Å². The summed E-state index contributed by atoms with van der Waals surface area (Å²) < 4.78 is 5.45. The largest absolute Gasteiger partial charge is 0.481 e. The Hall–Kier alpha value is -13.5. The van der Waals surface area contributed by atoms with Gasteiger partial charge in [-0.2, -0.15) is 0 Å². The number of Topliss-reactive ketones (excluding diaryl/α,β-unsaturated/α-hetero) is 3. The Balaban J connectivity index is 0.000000273. The van der Waals surface area contributed by atoms with Crippen LogP contribution in [0.3, 0.4) is 0 Å². The van der Waals surface area contributed by atoms with Crippen molar-refractivity contribution in [3.63, 3.8) is 0 Å². The maximum Gasteiger partial charge on any atom is 0.304 e. The molecule has 27 N–H and O–H groups in total. The lowest BCUT2D eigenvalue weighted by atomic mass is 9.64. The quantitative estimate of drug-likeness (QED) is 0.0242. The highest BCUT2D eigenvalue weighted by Gasteiger charge is 2.53. The second kappa shape index (κ2) is 52.5. The molecule has 0 bridgehead atoms. The zero-order valence-corrected chi connectivity index (χ0v) is 75.3. The number of rotatable bonds is 25. The first-order valence-corrected chi connectivity index (χ1v) is 44.9. The number of nitrogens with two attached hydrogens (primary N) is 6. The van der Waals surface area contributed by atoms with Gasteiger partial charge in [0.1, 0.15) is 52.9 Å². The second-order valence-corrected chi connectivity index (χ2v) is 35.0. The standard InChI is InChI=1S/C33H49N7O7.C29H41N7O7.C28H39N7O8/c1-19(2)24-12-11-20(3)17-33(24)31(47)39-25(10-7-13-36-32(34)35)29(45)37-18-23(41)15-22(16-27(42)43)28(44)38-26(30(46)40-33)14-21-8-5-4-6-9-21;30-28(31)32-13-7-10-21-25(41)33-17-20(37)15-19(16-23(38)39)24(40)34-22(14-18-8-3-1-4-9-18)26(42)36-29(27(43)35-21)11-5-2-6-12-29;29-27(30)31-10-4-7-20-24(40)32-16-19(36)14-18(15-22(37)38)23(39)33-21(13-17-5-2-1-3-6-17)25(41)35-28(26(42)34-20)8-11-43-12-9-28/h4-6,8-9,19-20,22,24-26H,7,10-18H2,1-3H3,(H,37,45)(H,38,44)(H,39,47)(H,40,46)(H,42,43)(H4,34,35,36);1,3-4,8-9,19,21-22H,2,5-7,10-17H2,(H,33,41)(H,34,40)(H,35,43)(H,36,42)(H,38,39)(H4,30,31,32);1-3,5-6,18,20-21H,4,7-16H2,(H,32,40)(H,33,39)(H,34,42)(H,35,41)(H,37,38)(H4,29,30,31)/t20-,22-,24+,25-,26+,33?;19-,21-,22+;18-,20-,21+/m000/s1. The second-order valence-electron chi connectivity index (χ2n) is 35.0. The summed E-state index contributed by atoms with van der Waals surface area (Å²) in [6, 6.07) is 19.9. The first-order chi connectivity index (χ1) is 63.2. The first-order valence-electron chi connectivity index (χ1n) is 44.9. The molecule has 6 fully saturated rings. The van der Waals surface area contributed by atoms with Gasteiger partial charge in [0.2, 0.25) is 70.9 Å². The molecule has 1 unspecified atom stereocenters. The third kappa shape index (κ3) is 34.6. The number of guanidine groups is 3. The predicted octanol–water partition coefficient (Wildman–Crippen LogP) is -2.27. The molecule has 0 radical (unpaired) electrons. The fourth-order valence-electron chi connectivity index (χ4n) is 17.1. The minimum Gasteiger partial charge on any atom is -0.481 e. The van der Waals surface area contributed by atoms with E-state index in [2.05, 4.69) is 78.8 Å². The summed E-state index contributed by atoms with van der Waals surface area (Å²) in [5, 5.41) is 61.0. The van der Waals surface area contributed by atoms with Crippen LogP contribution < -0.4 is 98.2 Å². The number of aliphatic carboxylic acids is 3. The van der Waals surface area contributed by atoms with Gasteiger partial charge >= 0.3 is 17.9 Å². The van der Waals surface area contributed by atoms with Gasteiger partial charge in [0.25, 0.3) is 0 Å². The number of hydrogen-bond acceptors (Lipinski definition) is 22. The molecule has 12 amide bonds. The first kappa shape index (κ1) is 107. The summed E-state index contributed by atoms with van der Waals surface area (Å²) in [6.45, 7) is 5.38. The summed E-state index contributed by atoms with van der Waals surface area (Å²) in [7, 11) is 0. The Bertz CT molecular complexity index is 4480. The molecular weight excluding hydrogens is 1730 g/mol. The topological polar surface area (TPSA) is 715 Å². The SMILES string of the molecule is CC(C)[C@H]1CC[C@H](C)CC12NC(=O)[C@@H](Cc1ccccc1)NC(=O)[C@H](CC(=O)O)CC(=O)CNC(=O)[C@H](CCCN=C(N)N)NC2=O.NC(N)=NCCC[C@@H]1NC(=O)C2(CCCCC2)NC(=O)[C@@H](Cc2ccccc2)NC(=O)[C@H](CC(=O)O)CC(=O)CNC1=O.NC(N)=NCCC[C@@H]1NC(=O)C2(CCOCC2)NC(=O)[C@@H](Cc2ccccc2)NC(=O)[C@H](CC(=O)O)CC(=O)CNC1=O. The number of nitrogens with one attached hydrogen (secondary N) is 12. The van der Waals surface area contributed by atoms with Gasteiger partial charge < -0.3 is 118 Å². The van der Waals surface area contributed by atoms with Gasteiger partial charge in [-0.25, -0.2) is 0 Å². The van der Waals surface area contributed by atoms with Crippen molar-refractivity contribution >= 4 is 124 Å². The van der Waals surface area contributed by atoms with Crippen molar-refractivity contribution in [3.8, 4) is 0 Å². The van der Waals surface area contributed by atoms with Gasteiger partial charge in [-0.15, -0.1) is 0 Å². The van der Waals surface area contributed by atoms with E-state index in [0.29, 0.717) is 63.4 Å². The highest BCUT2D eigenvalue weighted by Crippen LogP contribution is 2.42. The van der Waals surface area contributed by atoms with Crippen molar-refractivity contribution in [2.45, 2.75) is 234 Å². The van der Waals surface area contributed by atoms with Gasteiger partial charge in [0, 0.05) is 84.2 Å². The Morgan fingerprint density at radius 2 is 0.714 bits per heavy atom. The van der Waals surface area contributed by atoms with E-state index in [9.17, 15) is 102 Å². The van der Waals surface area contributed by atoms with Crippen molar-refractivity contribution < 1.29 is 106 Å². The number of carbonyl (C=O) groups excluding carboxylic acids is 15. The molecule has 2 saturated carbocycles. The van der Waals surface area contributed by atoms with Gasteiger partial charge in [-0.1, -0.05) is 137 Å². The number of carboxylic acid groups (broad SMARTS) is 3. The van der Waals surface area contributed by atoms with Crippen LogP contribution in [0.4, 0.5) is 0 Å². The van der Waals surface area contributed by atoms with E-state index in [1.54, 1.807) is 84.9 Å². The number of carboxylic acids is 3. The predicted molar refractivity (Wildman–Crippen MR) is 484 cm³/mol. The van der Waals surface area contributed by atoms with Gasteiger partial charge in [0.15, 0.2) is 35.2 Å². The van der Waals surface area contributed by atoms with Crippen LogP contribution in [-0.4, -0.2) is 245 Å². The van der Waals surface area contributed by atoms with Crippen molar-refractivity contribution in [3.05, 3.63) is 108 Å². The average Bonchev–Trinajstić information content (AvgIpc) is 0.962. The molecule has 4 saturated heterocycles.